The van der Waals surface area contributed by atoms with Gasteiger partial charge in [-0.1, -0.05) is 26.0 Å². The molecule has 0 saturated heterocycles. The van der Waals surface area contributed by atoms with E-state index in [2.05, 4.69) is 29.4 Å². The highest BCUT2D eigenvalue weighted by Gasteiger charge is 2.06. The number of rotatable bonds is 4. The number of hydrogen-bond donors (Lipinski definition) is 3. The van der Waals surface area contributed by atoms with Crippen molar-refractivity contribution in [3.63, 3.8) is 0 Å². The summed E-state index contributed by atoms with van der Waals surface area (Å²) < 4.78 is 0. The molecule has 0 radical (unpaired) electrons. The molecule has 2 rings (SSSR count). The molecule has 0 saturated carbocycles. The molecule has 3 N–H and O–H groups in total. The predicted molar refractivity (Wildman–Crippen MR) is 73.1 cm³/mol. The highest BCUT2D eigenvalue weighted by atomic mass is 16.1. The third kappa shape index (κ3) is 3.34. The van der Waals surface area contributed by atoms with Crippen molar-refractivity contribution in [2.45, 2.75) is 26.3 Å². The van der Waals surface area contributed by atoms with E-state index >= 15 is 0 Å². The van der Waals surface area contributed by atoms with E-state index in [9.17, 15) is 9.59 Å². The maximum atomic E-state index is 11.9. The molecule has 100 valence electrons. The topological polar surface area (TPSA) is 77.8 Å². The molecule has 0 bridgehead atoms. The number of nitrogens with one attached hydrogen (secondary N) is 3. The number of benzene rings is 1. The summed E-state index contributed by atoms with van der Waals surface area (Å²) in [5, 5.41) is 7.85. The minimum absolute atomic E-state index is 0.155. The summed E-state index contributed by atoms with van der Waals surface area (Å²) in [6, 6.07) is 8.95. The summed E-state index contributed by atoms with van der Waals surface area (Å²) in [5.74, 6) is 0.291. The lowest BCUT2D eigenvalue weighted by atomic mass is 10.0. The zero-order valence-corrected chi connectivity index (χ0v) is 11.0. The highest BCUT2D eigenvalue weighted by molar-refractivity contribution is 5.94. The van der Waals surface area contributed by atoms with Crippen molar-refractivity contribution in [3.05, 3.63) is 57.5 Å². The van der Waals surface area contributed by atoms with Gasteiger partial charge in [0.15, 0.2) is 0 Å². The highest BCUT2D eigenvalue weighted by Crippen LogP contribution is 2.14. The van der Waals surface area contributed by atoms with Gasteiger partial charge in [0.25, 0.3) is 11.5 Å². The Balaban J connectivity index is 1.98. The fourth-order valence-electron chi connectivity index (χ4n) is 1.76. The van der Waals surface area contributed by atoms with E-state index in [0.717, 1.165) is 0 Å². The molecule has 0 unspecified atom stereocenters. The number of carbonyl (C=O) groups excluding carboxylic acids is 1. The maximum absolute atomic E-state index is 11.9. The van der Waals surface area contributed by atoms with Gasteiger partial charge in [-0.25, -0.2) is 0 Å². The molecule has 2 aromatic rings. The number of amides is 1. The van der Waals surface area contributed by atoms with Crippen molar-refractivity contribution < 1.29 is 4.79 Å². The lowest BCUT2D eigenvalue weighted by Crippen LogP contribution is -2.23. The van der Waals surface area contributed by atoms with Crippen molar-refractivity contribution in [2.75, 3.05) is 0 Å². The van der Waals surface area contributed by atoms with Gasteiger partial charge in [0.1, 0.15) is 0 Å². The molecular formula is C14H17N3O2. The van der Waals surface area contributed by atoms with Gasteiger partial charge < -0.3 is 10.4 Å². The molecule has 0 fully saturated rings. The van der Waals surface area contributed by atoms with Crippen LogP contribution in [-0.2, 0) is 6.54 Å². The van der Waals surface area contributed by atoms with Crippen LogP contribution in [0.4, 0.5) is 0 Å². The number of H-pyrrole nitrogens is 2. The number of aromatic nitrogens is 2. The monoisotopic (exact) mass is 259 g/mol. The summed E-state index contributed by atoms with van der Waals surface area (Å²) in [5.41, 5.74) is 2.26. The van der Waals surface area contributed by atoms with E-state index in [1.165, 1.54) is 11.6 Å². The molecule has 0 aliphatic carbocycles. The lowest BCUT2D eigenvalue weighted by Gasteiger charge is -2.07. The van der Waals surface area contributed by atoms with Crippen LogP contribution in [0.3, 0.4) is 0 Å². The molecule has 0 spiro atoms. The third-order valence-electron chi connectivity index (χ3n) is 2.93. The van der Waals surface area contributed by atoms with E-state index in [-0.39, 0.29) is 11.5 Å². The molecule has 5 heteroatoms. The fraction of sp³-hybridized carbons (Fsp3) is 0.286. The minimum atomic E-state index is -0.203. The average Bonchev–Trinajstić information content (AvgIpc) is 2.82. The smallest absolute Gasteiger partial charge is 0.264 e. The first-order valence-electron chi connectivity index (χ1n) is 6.21. The van der Waals surface area contributed by atoms with Crippen molar-refractivity contribution in [1.29, 1.82) is 0 Å². The largest absolute Gasteiger partial charge is 0.346 e. The van der Waals surface area contributed by atoms with Crippen LogP contribution in [-0.4, -0.2) is 16.1 Å². The van der Waals surface area contributed by atoms with Crippen LogP contribution >= 0.6 is 0 Å². The Morgan fingerprint density at radius 1 is 1.21 bits per heavy atom. The van der Waals surface area contributed by atoms with E-state index in [0.29, 0.717) is 23.7 Å². The molecule has 1 aromatic carbocycles. The molecule has 0 aliphatic heterocycles. The van der Waals surface area contributed by atoms with E-state index < -0.39 is 0 Å². The Morgan fingerprint density at radius 3 is 2.42 bits per heavy atom. The molecule has 1 heterocycles. The molecule has 0 atom stereocenters. The van der Waals surface area contributed by atoms with Gasteiger partial charge >= 0.3 is 0 Å². The van der Waals surface area contributed by atoms with E-state index in [4.69, 9.17) is 0 Å². The van der Waals surface area contributed by atoms with E-state index in [1.54, 1.807) is 0 Å². The Labute approximate surface area is 111 Å². The minimum Gasteiger partial charge on any atom is -0.346 e. The van der Waals surface area contributed by atoms with Gasteiger partial charge in [0.05, 0.1) is 12.2 Å². The zero-order valence-electron chi connectivity index (χ0n) is 11.0. The Bertz CT molecular complexity index is 608. The Hall–Kier alpha value is -2.30. The molecule has 1 amide bonds. The number of carbonyl (C=O) groups is 1. The first kappa shape index (κ1) is 13.1. The van der Waals surface area contributed by atoms with Crippen LogP contribution < -0.4 is 10.9 Å². The van der Waals surface area contributed by atoms with Crippen LogP contribution in [0, 0.1) is 0 Å². The van der Waals surface area contributed by atoms with Crippen molar-refractivity contribution >= 4 is 5.91 Å². The van der Waals surface area contributed by atoms with Crippen LogP contribution in [0.15, 0.2) is 35.1 Å². The third-order valence-corrected chi connectivity index (χ3v) is 2.93. The first-order valence-corrected chi connectivity index (χ1v) is 6.21. The summed E-state index contributed by atoms with van der Waals surface area (Å²) in [6.45, 7) is 4.51. The lowest BCUT2D eigenvalue weighted by molar-refractivity contribution is 0.0950. The standard InChI is InChI=1S/C14H17N3O2/c1-9(2)10-3-5-11(6-4-10)14(19)15-8-12-7-13(18)17-16-12/h3-7,9H,8H2,1-2H3,(H,15,19)(H2,16,17,18). The molecular weight excluding hydrogens is 242 g/mol. The van der Waals surface area contributed by atoms with Gasteiger partial charge in [-0.3, -0.25) is 14.7 Å². The summed E-state index contributed by atoms with van der Waals surface area (Å²) in [6.07, 6.45) is 0. The summed E-state index contributed by atoms with van der Waals surface area (Å²) >= 11 is 0. The summed E-state index contributed by atoms with van der Waals surface area (Å²) in [7, 11) is 0. The first-order chi connectivity index (χ1) is 9.06. The van der Waals surface area contributed by atoms with E-state index in [1.807, 2.05) is 24.3 Å². The fourth-order valence-corrected chi connectivity index (χ4v) is 1.76. The van der Waals surface area contributed by atoms with Crippen molar-refractivity contribution in [3.8, 4) is 0 Å². The second-order valence-corrected chi connectivity index (χ2v) is 4.74. The van der Waals surface area contributed by atoms with Crippen LogP contribution in [0.5, 0.6) is 0 Å². The van der Waals surface area contributed by atoms with Gasteiger partial charge in [-0.2, -0.15) is 0 Å². The van der Waals surface area contributed by atoms with Gasteiger partial charge in [-0.15, -0.1) is 0 Å². The second kappa shape index (κ2) is 5.56. The Morgan fingerprint density at radius 2 is 1.89 bits per heavy atom. The quantitative estimate of drug-likeness (QED) is 0.782. The zero-order chi connectivity index (χ0) is 13.8. The Kier molecular flexibility index (Phi) is 3.85. The van der Waals surface area contributed by atoms with Crippen molar-refractivity contribution in [1.82, 2.24) is 15.5 Å². The normalized spacial score (nSPS) is 10.7. The van der Waals surface area contributed by atoms with Crippen LogP contribution in [0.1, 0.15) is 41.4 Å². The van der Waals surface area contributed by atoms with Crippen LogP contribution in [0.2, 0.25) is 0 Å². The molecule has 5 nitrogen and oxygen atoms in total. The van der Waals surface area contributed by atoms with Gasteiger partial charge in [-0.05, 0) is 23.6 Å². The summed E-state index contributed by atoms with van der Waals surface area (Å²) in [4.78, 5) is 22.8. The van der Waals surface area contributed by atoms with Gasteiger partial charge in [0, 0.05) is 11.6 Å². The van der Waals surface area contributed by atoms with Crippen LogP contribution in [0.25, 0.3) is 0 Å². The number of aromatic amines is 2. The number of hydrogen-bond acceptors (Lipinski definition) is 2. The average molecular weight is 259 g/mol. The van der Waals surface area contributed by atoms with Crippen molar-refractivity contribution in [2.24, 2.45) is 0 Å². The molecule has 1 aromatic heterocycles. The molecule has 0 aliphatic rings. The maximum Gasteiger partial charge on any atom is 0.264 e. The second-order valence-electron chi connectivity index (χ2n) is 4.74. The SMILES string of the molecule is CC(C)c1ccc(C(=O)NCc2cc(=O)[nH][nH]2)cc1. The predicted octanol–water partition coefficient (Wildman–Crippen LogP) is 1.76. The molecule has 19 heavy (non-hydrogen) atoms. The van der Waals surface area contributed by atoms with Gasteiger partial charge in [0.2, 0.25) is 0 Å².